The zero-order valence-electron chi connectivity index (χ0n) is 5.39. The first-order valence-corrected chi connectivity index (χ1v) is 2.74. The Balaban J connectivity index is 3.62. The summed E-state index contributed by atoms with van der Waals surface area (Å²) in [7, 11) is 0. The lowest BCUT2D eigenvalue weighted by Crippen LogP contribution is -2.35. The van der Waals surface area contributed by atoms with E-state index in [2.05, 4.69) is 6.92 Å². The Labute approximate surface area is 50.2 Å². The number of aliphatic hydroxyl groups excluding tert-OH is 1. The summed E-state index contributed by atoms with van der Waals surface area (Å²) >= 11 is 0. The van der Waals surface area contributed by atoms with E-state index in [1.165, 1.54) is 6.92 Å². The van der Waals surface area contributed by atoms with Crippen molar-refractivity contribution in [2.75, 3.05) is 0 Å². The predicted molar refractivity (Wildman–Crippen MR) is 32.3 cm³/mol. The summed E-state index contributed by atoms with van der Waals surface area (Å²) in [5.41, 5.74) is -1.19. The molecule has 8 heavy (non-hydrogen) atoms. The summed E-state index contributed by atoms with van der Waals surface area (Å²) in [6, 6.07) is 0. The van der Waals surface area contributed by atoms with Gasteiger partial charge in [0.25, 0.3) is 0 Å². The molecule has 2 nitrogen and oxygen atoms in total. The van der Waals surface area contributed by atoms with Crippen LogP contribution in [-0.2, 0) is 0 Å². The van der Waals surface area contributed by atoms with Crippen LogP contribution in [-0.4, -0.2) is 21.9 Å². The third-order valence-corrected chi connectivity index (χ3v) is 1.10. The molecular formula is C6H13O2. The van der Waals surface area contributed by atoms with Gasteiger partial charge in [0.15, 0.2) is 0 Å². The first-order chi connectivity index (χ1) is 3.48. The smallest absolute Gasteiger partial charge is 0.0878 e. The lowest BCUT2D eigenvalue weighted by atomic mass is 10.0. The molecule has 1 radical (unpaired) electrons. The molecule has 0 bridgehead atoms. The summed E-state index contributed by atoms with van der Waals surface area (Å²) in [6.45, 7) is 6.63. The highest BCUT2D eigenvalue weighted by molar-refractivity contribution is 4.82. The lowest BCUT2D eigenvalue weighted by molar-refractivity contribution is -0.0296. The minimum Gasteiger partial charge on any atom is -0.390 e. The van der Waals surface area contributed by atoms with Crippen molar-refractivity contribution in [3.05, 3.63) is 6.92 Å². The van der Waals surface area contributed by atoms with Gasteiger partial charge >= 0.3 is 0 Å². The minimum atomic E-state index is -1.19. The second-order valence-electron chi connectivity index (χ2n) is 2.28. The zero-order chi connectivity index (χ0) is 6.78. The Hall–Kier alpha value is -0.0800. The van der Waals surface area contributed by atoms with Crippen molar-refractivity contribution in [1.82, 2.24) is 0 Å². The first kappa shape index (κ1) is 7.92. The normalized spacial score (nSPS) is 16.1. The van der Waals surface area contributed by atoms with E-state index in [9.17, 15) is 0 Å². The van der Waals surface area contributed by atoms with Gasteiger partial charge in [-0.2, -0.15) is 0 Å². The fourth-order valence-electron chi connectivity index (χ4n) is 0.440. The molecule has 0 aromatic rings. The fourth-order valence-corrected chi connectivity index (χ4v) is 0.440. The van der Waals surface area contributed by atoms with Crippen molar-refractivity contribution in [2.24, 2.45) is 0 Å². The van der Waals surface area contributed by atoms with Crippen molar-refractivity contribution in [3.63, 3.8) is 0 Å². The third kappa shape index (κ3) is 2.28. The van der Waals surface area contributed by atoms with Gasteiger partial charge in [-0.15, -0.1) is 0 Å². The van der Waals surface area contributed by atoms with Gasteiger partial charge in [0.05, 0.1) is 11.7 Å². The van der Waals surface area contributed by atoms with E-state index in [0.29, 0.717) is 6.42 Å². The van der Waals surface area contributed by atoms with Crippen molar-refractivity contribution >= 4 is 0 Å². The monoisotopic (exact) mass is 117 g/mol. The molecule has 0 rings (SSSR count). The molecule has 0 aliphatic rings. The Morgan fingerprint density at radius 3 is 2.12 bits per heavy atom. The molecule has 0 fully saturated rings. The average molecular weight is 117 g/mol. The molecular weight excluding hydrogens is 104 g/mol. The summed E-state index contributed by atoms with van der Waals surface area (Å²) in [5, 5.41) is 17.8. The second-order valence-corrected chi connectivity index (χ2v) is 2.28. The molecule has 2 atom stereocenters. The quantitative estimate of drug-likeness (QED) is 0.547. The highest BCUT2D eigenvalue weighted by Gasteiger charge is 2.21. The molecule has 2 heteroatoms. The van der Waals surface area contributed by atoms with Gasteiger partial charge in [-0.1, -0.05) is 6.92 Å². The van der Waals surface area contributed by atoms with E-state index in [4.69, 9.17) is 10.2 Å². The minimum absolute atomic E-state index is 0.538. The van der Waals surface area contributed by atoms with Crippen LogP contribution in [0, 0.1) is 6.92 Å². The second kappa shape index (κ2) is 2.46. The van der Waals surface area contributed by atoms with Gasteiger partial charge in [0, 0.05) is 0 Å². The molecule has 0 heterocycles. The molecule has 0 saturated heterocycles. The Kier molecular flexibility index (Phi) is 2.44. The molecule has 0 aromatic carbocycles. The molecule has 0 saturated carbocycles. The Morgan fingerprint density at radius 2 is 2.12 bits per heavy atom. The van der Waals surface area contributed by atoms with E-state index in [0.717, 1.165) is 0 Å². The molecule has 0 amide bonds. The summed E-state index contributed by atoms with van der Waals surface area (Å²) in [4.78, 5) is 0. The van der Waals surface area contributed by atoms with Gasteiger partial charge in [-0.3, -0.25) is 0 Å². The molecule has 0 spiro atoms. The molecule has 0 aromatic heterocycles. The van der Waals surface area contributed by atoms with Gasteiger partial charge in [0.2, 0.25) is 0 Å². The zero-order valence-corrected chi connectivity index (χ0v) is 5.39. The molecule has 2 N–H and O–H groups in total. The van der Waals surface area contributed by atoms with E-state index in [1.807, 2.05) is 0 Å². The summed E-state index contributed by atoms with van der Waals surface area (Å²) < 4.78 is 0. The van der Waals surface area contributed by atoms with E-state index >= 15 is 0 Å². The summed E-state index contributed by atoms with van der Waals surface area (Å²) in [5.74, 6) is 0. The van der Waals surface area contributed by atoms with E-state index in [-0.39, 0.29) is 0 Å². The number of aliphatic hydroxyl groups is 2. The van der Waals surface area contributed by atoms with Gasteiger partial charge in [-0.05, 0) is 20.3 Å². The van der Waals surface area contributed by atoms with E-state index < -0.39 is 11.7 Å². The van der Waals surface area contributed by atoms with Gasteiger partial charge in [-0.25, -0.2) is 0 Å². The average Bonchev–Trinajstić information content (AvgIpc) is 1.62. The van der Waals surface area contributed by atoms with Crippen LogP contribution in [0.4, 0.5) is 0 Å². The molecule has 0 aliphatic heterocycles. The van der Waals surface area contributed by atoms with Crippen LogP contribution in [0.25, 0.3) is 0 Å². The van der Waals surface area contributed by atoms with Crippen LogP contribution in [0.2, 0.25) is 0 Å². The van der Waals surface area contributed by atoms with Crippen LogP contribution >= 0.6 is 0 Å². The van der Waals surface area contributed by atoms with Crippen LogP contribution < -0.4 is 0 Å². The molecule has 0 aliphatic carbocycles. The largest absolute Gasteiger partial charge is 0.390 e. The Morgan fingerprint density at radius 1 is 1.75 bits per heavy atom. The Bertz CT molecular complexity index is 63.4. The van der Waals surface area contributed by atoms with Crippen molar-refractivity contribution in [3.8, 4) is 0 Å². The number of hydrogen-bond donors (Lipinski definition) is 2. The SMILES string of the molecule is [CH2]C(C)(O)C(O)CC. The van der Waals surface area contributed by atoms with Crippen molar-refractivity contribution < 1.29 is 10.2 Å². The topological polar surface area (TPSA) is 40.5 Å². The van der Waals surface area contributed by atoms with Gasteiger partial charge in [0.1, 0.15) is 0 Å². The standard InChI is InChI=1S/C6H13O2/c1-4-5(7)6(2,3)8/h5,7-8H,2,4H2,1,3H3. The number of hydrogen-bond acceptors (Lipinski definition) is 2. The van der Waals surface area contributed by atoms with Crippen molar-refractivity contribution in [1.29, 1.82) is 0 Å². The van der Waals surface area contributed by atoms with E-state index in [1.54, 1.807) is 6.92 Å². The van der Waals surface area contributed by atoms with Crippen molar-refractivity contribution in [2.45, 2.75) is 32.0 Å². The van der Waals surface area contributed by atoms with Crippen LogP contribution in [0.1, 0.15) is 20.3 Å². The maximum Gasteiger partial charge on any atom is 0.0878 e. The third-order valence-electron chi connectivity index (χ3n) is 1.10. The maximum absolute atomic E-state index is 8.93. The maximum atomic E-state index is 8.93. The predicted octanol–water partition coefficient (Wildman–Crippen LogP) is 0.342. The molecule has 2 unspecified atom stereocenters. The molecule has 49 valence electrons. The highest BCUT2D eigenvalue weighted by Crippen LogP contribution is 2.09. The summed E-state index contributed by atoms with van der Waals surface area (Å²) in [6.07, 6.45) is -0.168. The lowest BCUT2D eigenvalue weighted by Gasteiger charge is -2.22. The fraction of sp³-hybridized carbons (Fsp3) is 0.833. The first-order valence-electron chi connectivity index (χ1n) is 2.74. The van der Waals surface area contributed by atoms with Crippen LogP contribution in [0.5, 0.6) is 0 Å². The number of rotatable bonds is 2. The van der Waals surface area contributed by atoms with Crippen LogP contribution in [0.15, 0.2) is 0 Å². The van der Waals surface area contributed by atoms with Gasteiger partial charge < -0.3 is 10.2 Å². The highest BCUT2D eigenvalue weighted by atomic mass is 16.3. The van der Waals surface area contributed by atoms with Crippen LogP contribution in [0.3, 0.4) is 0 Å².